The number of carbonyl (C=O) groups is 1. The van der Waals surface area contributed by atoms with Crippen molar-refractivity contribution in [1.82, 2.24) is 15.1 Å². The maximum absolute atomic E-state index is 12.8. The molecule has 1 N–H and O–H groups in total. The van der Waals surface area contributed by atoms with Crippen LogP contribution in [0.5, 0.6) is 0 Å². The Morgan fingerprint density at radius 2 is 2.08 bits per heavy atom. The van der Waals surface area contributed by atoms with Gasteiger partial charge in [-0.1, -0.05) is 42.5 Å². The fourth-order valence-corrected chi connectivity index (χ4v) is 5.02. The number of amides is 1. The quantitative estimate of drug-likeness (QED) is 0.859. The molecule has 4 nitrogen and oxygen atoms in total. The van der Waals surface area contributed by atoms with Gasteiger partial charge in [-0.3, -0.25) is 9.48 Å². The van der Waals surface area contributed by atoms with Crippen molar-refractivity contribution in [2.24, 2.45) is 17.8 Å². The molecule has 0 saturated heterocycles. The van der Waals surface area contributed by atoms with E-state index in [0.29, 0.717) is 11.8 Å². The topological polar surface area (TPSA) is 46.9 Å². The van der Waals surface area contributed by atoms with Crippen LogP contribution in [0.3, 0.4) is 0 Å². The van der Waals surface area contributed by atoms with E-state index >= 15 is 0 Å². The molecule has 3 aliphatic rings. The lowest BCUT2D eigenvalue weighted by molar-refractivity contribution is -0.126. The molecule has 0 radical (unpaired) electrons. The van der Waals surface area contributed by atoms with E-state index in [9.17, 15) is 4.79 Å². The Hall–Kier alpha value is -2.36. The van der Waals surface area contributed by atoms with Gasteiger partial charge >= 0.3 is 0 Å². The number of hydrogen-bond acceptors (Lipinski definition) is 2. The predicted molar refractivity (Wildman–Crippen MR) is 100 cm³/mol. The van der Waals surface area contributed by atoms with E-state index in [1.54, 1.807) is 0 Å². The van der Waals surface area contributed by atoms with Crippen molar-refractivity contribution in [3.05, 3.63) is 65.5 Å². The first-order valence-electron chi connectivity index (χ1n) is 9.85. The predicted octanol–water partition coefficient (Wildman–Crippen LogP) is 3.64. The minimum Gasteiger partial charge on any atom is -0.349 e. The monoisotopic (exact) mass is 347 g/mol. The smallest absolute Gasteiger partial charge is 0.224 e. The summed E-state index contributed by atoms with van der Waals surface area (Å²) in [6.07, 6.45) is 11.9. The second-order valence-corrected chi connectivity index (χ2v) is 8.03. The van der Waals surface area contributed by atoms with Gasteiger partial charge in [-0.05, 0) is 49.5 Å². The first-order chi connectivity index (χ1) is 12.8. The van der Waals surface area contributed by atoms with Crippen LogP contribution in [0.15, 0.2) is 48.7 Å². The first kappa shape index (κ1) is 15.9. The molecule has 134 valence electrons. The van der Waals surface area contributed by atoms with Gasteiger partial charge in [-0.15, -0.1) is 0 Å². The van der Waals surface area contributed by atoms with Crippen molar-refractivity contribution in [2.45, 2.75) is 44.7 Å². The van der Waals surface area contributed by atoms with Crippen molar-refractivity contribution < 1.29 is 4.79 Å². The van der Waals surface area contributed by atoms with Gasteiger partial charge in [0, 0.05) is 17.2 Å². The van der Waals surface area contributed by atoms with Gasteiger partial charge in [-0.2, -0.15) is 5.10 Å². The lowest BCUT2D eigenvalue weighted by Crippen LogP contribution is -2.37. The second-order valence-electron chi connectivity index (χ2n) is 8.03. The summed E-state index contributed by atoms with van der Waals surface area (Å²) in [4.78, 5) is 12.8. The highest BCUT2D eigenvalue weighted by Gasteiger charge is 2.40. The summed E-state index contributed by atoms with van der Waals surface area (Å²) >= 11 is 0. The zero-order valence-electron chi connectivity index (χ0n) is 15.0. The zero-order valence-corrected chi connectivity index (χ0v) is 15.0. The lowest BCUT2D eigenvalue weighted by Gasteiger charge is -2.27. The SMILES string of the molecule is O=C(NC1CCCc2c1cnn2Cc1ccccc1)C1CC2C=CC1C2. The number of nitrogens with zero attached hydrogens (tertiary/aromatic N) is 2. The van der Waals surface area contributed by atoms with Gasteiger partial charge in [0.2, 0.25) is 5.91 Å². The van der Waals surface area contributed by atoms with Crippen LogP contribution in [0, 0.1) is 17.8 Å². The molecule has 1 aromatic heterocycles. The number of rotatable bonds is 4. The molecule has 0 spiro atoms. The van der Waals surface area contributed by atoms with Gasteiger partial charge in [0.1, 0.15) is 0 Å². The third-order valence-corrected chi connectivity index (χ3v) is 6.37. The first-order valence-corrected chi connectivity index (χ1v) is 9.85. The van der Waals surface area contributed by atoms with E-state index in [-0.39, 0.29) is 17.9 Å². The molecule has 2 aromatic rings. The molecule has 1 saturated carbocycles. The Kier molecular flexibility index (Phi) is 3.92. The van der Waals surface area contributed by atoms with Gasteiger partial charge in [0.25, 0.3) is 0 Å². The number of allylic oxidation sites excluding steroid dienone is 2. The van der Waals surface area contributed by atoms with Crippen LogP contribution < -0.4 is 5.32 Å². The molecule has 1 aromatic carbocycles. The Morgan fingerprint density at radius 1 is 1.19 bits per heavy atom. The lowest BCUT2D eigenvalue weighted by atomic mass is 9.89. The molecular formula is C22H25N3O. The number of benzene rings is 1. The third kappa shape index (κ3) is 2.77. The minimum absolute atomic E-state index is 0.124. The van der Waals surface area contributed by atoms with Crippen LogP contribution in [0.2, 0.25) is 0 Å². The molecule has 1 heterocycles. The number of hydrogen-bond donors (Lipinski definition) is 1. The van der Waals surface area contributed by atoms with Crippen molar-refractivity contribution in [3.8, 4) is 0 Å². The Bertz CT molecular complexity index is 838. The summed E-state index contributed by atoms with van der Waals surface area (Å²) in [5.41, 5.74) is 3.77. The van der Waals surface area contributed by atoms with E-state index in [0.717, 1.165) is 32.2 Å². The molecule has 4 unspecified atom stereocenters. The maximum Gasteiger partial charge on any atom is 0.224 e. The van der Waals surface area contributed by atoms with Crippen molar-refractivity contribution in [3.63, 3.8) is 0 Å². The number of fused-ring (bicyclic) bond motifs is 3. The molecule has 2 bridgehead atoms. The van der Waals surface area contributed by atoms with E-state index < -0.39 is 0 Å². The van der Waals surface area contributed by atoms with Crippen LogP contribution >= 0.6 is 0 Å². The van der Waals surface area contributed by atoms with Crippen molar-refractivity contribution in [2.75, 3.05) is 0 Å². The van der Waals surface area contributed by atoms with Gasteiger partial charge in [-0.25, -0.2) is 0 Å². The van der Waals surface area contributed by atoms with Crippen molar-refractivity contribution in [1.29, 1.82) is 0 Å². The van der Waals surface area contributed by atoms with E-state index in [4.69, 9.17) is 0 Å². The molecule has 5 rings (SSSR count). The molecule has 0 aliphatic heterocycles. The summed E-state index contributed by atoms with van der Waals surface area (Å²) in [5.74, 6) is 1.51. The third-order valence-electron chi connectivity index (χ3n) is 6.37. The van der Waals surface area contributed by atoms with Crippen LogP contribution in [0.1, 0.15) is 48.5 Å². The molecule has 3 aliphatic carbocycles. The van der Waals surface area contributed by atoms with Gasteiger partial charge in [0.15, 0.2) is 0 Å². The second kappa shape index (κ2) is 6.42. The van der Waals surface area contributed by atoms with E-state index in [2.05, 4.69) is 51.5 Å². The molecule has 4 atom stereocenters. The average Bonchev–Trinajstić information content (AvgIpc) is 3.39. The summed E-state index contributed by atoms with van der Waals surface area (Å²) in [7, 11) is 0. The van der Waals surface area contributed by atoms with Crippen molar-refractivity contribution >= 4 is 5.91 Å². The molecule has 4 heteroatoms. The highest BCUT2D eigenvalue weighted by atomic mass is 16.2. The summed E-state index contributed by atoms with van der Waals surface area (Å²) in [6.45, 7) is 0.800. The average molecular weight is 347 g/mol. The zero-order chi connectivity index (χ0) is 17.5. The van der Waals surface area contributed by atoms with E-state index in [1.165, 1.54) is 23.2 Å². The molecule has 1 amide bonds. The fourth-order valence-electron chi connectivity index (χ4n) is 5.02. The van der Waals surface area contributed by atoms with Gasteiger partial charge < -0.3 is 5.32 Å². The van der Waals surface area contributed by atoms with E-state index in [1.807, 2.05) is 12.3 Å². The fraction of sp³-hybridized carbons (Fsp3) is 0.455. The number of carbonyl (C=O) groups excluding carboxylic acids is 1. The Balaban J connectivity index is 1.32. The van der Waals surface area contributed by atoms with Crippen LogP contribution in [-0.4, -0.2) is 15.7 Å². The highest BCUT2D eigenvalue weighted by molar-refractivity contribution is 5.80. The standard InChI is InChI=1S/C22H25N3O/c26-22(18-12-16-9-10-17(18)11-16)24-20-7-4-8-21-19(20)13-23-25(21)14-15-5-2-1-3-6-15/h1-3,5-6,9-10,13,16-18,20H,4,7-8,11-12,14H2,(H,24,26). The molecular weight excluding hydrogens is 322 g/mol. The van der Waals surface area contributed by atoms with Crippen LogP contribution in [0.4, 0.5) is 0 Å². The summed E-state index contributed by atoms with van der Waals surface area (Å²) < 4.78 is 2.11. The highest BCUT2D eigenvalue weighted by Crippen LogP contribution is 2.44. The molecule has 1 fully saturated rings. The largest absolute Gasteiger partial charge is 0.349 e. The number of nitrogens with one attached hydrogen (secondary N) is 1. The van der Waals surface area contributed by atoms with Crippen LogP contribution in [0.25, 0.3) is 0 Å². The maximum atomic E-state index is 12.8. The summed E-state index contributed by atoms with van der Waals surface area (Å²) in [6, 6.07) is 10.6. The Labute approximate surface area is 154 Å². The minimum atomic E-state index is 0.124. The Morgan fingerprint density at radius 3 is 2.85 bits per heavy atom. The number of aromatic nitrogens is 2. The van der Waals surface area contributed by atoms with Crippen LogP contribution in [-0.2, 0) is 17.8 Å². The van der Waals surface area contributed by atoms with Gasteiger partial charge in [0.05, 0.1) is 18.8 Å². The summed E-state index contributed by atoms with van der Waals surface area (Å²) in [5, 5.41) is 7.99. The molecule has 26 heavy (non-hydrogen) atoms. The normalized spacial score (nSPS) is 28.9.